The number of nitrogens with zero attached hydrogens (tertiary/aromatic N) is 2. The van der Waals surface area contributed by atoms with E-state index in [4.69, 9.17) is 4.74 Å². The molecule has 0 saturated carbocycles. The van der Waals surface area contributed by atoms with Gasteiger partial charge in [0.05, 0.1) is 28.5 Å². The molecule has 0 fully saturated rings. The molecule has 2 aromatic carbocycles. The van der Waals surface area contributed by atoms with Gasteiger partial charge >= 0.3 is 5.97 Å². The summed E-state index contributed by atoms with van der Waals surface area (Å²) in [6.07, 6.45) is 1.65. The predicted molar refractivity (Wildman–Crippen MR) is 129 cm³/mol. The monoisotopic (exact) mass is 462 g/mol. The van der Waals surface area contributed by atoms with E-state index in [9.17, 15) is 14.7 Å². The zero-order valence-electron chi connectivity index (χ0n) is 19.0. The first-order valence-corrected chi connectivity index (χ1v) is 11.7. The minimum atomic E-state index is -0.645. The first kappa shape index (κ1) is 22.7. The highest BCUT2D eigenvalue weighted by atomic mass is 32.1. The molecule has 33 heavy (non-hydrogen) atoms. The van der Waals surface area contributed by atoms with Crippen molar-refractivity contribution >= 4 is 23.4 Å². The lowest BCUT2D eigenvalue weighted by atomic mass is 9.93. The number of rotatable bonds is 5. The van der Waals surface area contributed by atoms with Crippen LogP contribution in [0.25, 0.3) is 6.08 Å². The molecule has 0 aliphatic carbocycles. The normalized spacial score (nSPS) is 16.0. The van der Waals surface area contributed by atoms with Crippen molar-refractivity contribution < 1.29 is 14.6 Å². The molecular weight excluding hydrogens is 436 g/mol. The molecule has 2 heterocycles. The average molecular weight is 463 g/mol. The third-order valence-corrected chi connectivity index (χ3v) is 6.64. The molecule has 6 nitrogen and oxygen atoms in total. The van der Waals surface area contributed by atoms with E-state index in [2.05, 4.69) is 18.8 Å². The van der Waals surface area contributed by atoms with Crippen LogP contribution < -0.4 is 14.9 Å². The Morgan fingerprint density at radius 1 is 1.21 bits per heavy atom. The number of phenols is 1. The van der Waals surface area contributed by atoms with Crippen LogP contribution in [0.3, 0.4) is 0 Å². The van der Waals surface area contributed by atoms with E-state index < -0.39 is 12.0 Å². The van der Waals surface area contributed by atoms with Gasteiger partial charge in [0.2, 0.25) is 0 Å². The number of ether oxygens (including phenoxy) is 1. The van der Waals surface area contributed by atoms with Crippen molar-refractivity contribution in [2.45, 2.75) is 39.7 Å². The number of para-hydroxylation sites is 1. The van der Waals surface area contributed by atoms with Crippen LogP contribution in [-0.2, 0) is 9.53 Å². The molecule has 3 aromatic rings. The lowest BCUT2D eigenvalue weighted by Gasteiger charge is -2.25. The molecule has 1 aliphatic heterocycles. The fourth-order valence-electron chi connectivity index (χ4n) is 3.92. The SMILES string of the molecule is CCOC(=O)C1=C(C)N=c2s/c(=C\c3ccccc3O)c(=O)n2[C@@H]1c1ccc(C(C)C)cc1. The Morgan fingerprint density at radius 3 is 2.55 bits per heavy atom. The van der Waals surface area contributed by atoms with Crippen molar-refractivity contribution in [1.29, 1.82) is 0 Å². The number of carbonyl (C=O) groups is 1. The number of benzene rings is 2. The molecule has 0 bridgehead atoms. The van der Waals surface area contributed by atoms with Crippen LogP contribution in [0.2, 0.25) is 0 Å². The van der Waals surface area contributed by atoms with Gasteiger partial charge in [0.25, 0.3) is 5.56 Å². The summed E-state index contributed by atoms with van der Waals surface area (Å²) in [5.41, 5.74) is 3.14. The quantitative estimate of drug-likeness (QED) is 0.587. The summed E-state index contributed by atoms with van der Waals surface area (Å²) in [6.45, 7) is 7.98. The Bertz CT molecular complexity index is 1410. The molecule has 1 aromatic heterocycles. The molecule has 1 N–H and O–H groups in total. The summed E-state index contributed by atoms with van der Waals surface area (Å²) in [7, 11) is 0. The Labute approximate surface area is 195 Å². The minimum Gasteiger partial charge on any atom is -0.507 e. The summed E-state index contributed by atoms with van der Waals surface area (Å²) in [5.74, 6) is -0.0272. The molecule has 0 saturated heterocycles. The number of aromatic hydroxyl groups is 1. The van der Waals surface area contributed by atoms with Gasteiger partial charge in [-0.1, -0.05) is 67.6 Å². The van der Waals surface area contributed by atoms with Crippen LogP contribution in [0.4, 0.5) is 0 Å². The molecule has 1 atom stereocenters. The molecule has 7 heteroatoms. The van der Waals surface area contributed by atoms with Gasteiger partial charge in [0.15, 0.2) is 4.80 Å². The van der Waals surface area contributed by atoms with E-state index >= 15 is 0 Å². The number of esters is 1. The van der Waals surface area contributed by atoms with Gasteiger partial charge in [-0.05, 0) is 43.0 Å². The van der Waals surface area contributed by atoms with Crippen molar-refractivity contribution in [3.8, 4) is 5.75 Å². The minimum absolute atomic E-state index is 0.0903. The van der Waals surface area contributed by atoms with Gasteiger partial charge in [-0.3, -0.25) is 9.36 Å². The zero-order valence-corrected chi connectivity index (χ0v) is 19.8. The standard InChI is InChI=1S/C26H26N2O4S/c1-5-32-25(31)22-16(4)27-26-28(23(22)18-12-10-17(11-13-18)15(2)3)24(30)21(33-26)14-19-8-6-7-9-20(19)29/h6-15,23,29H,5H2,1-4H3/b21-14-/t23-/m1/s1. The largest absolute Gasteiger partial charge is 0.507 e. The van der Waals surface area contributed by atoms with Crippen molar-refractivity contribution in [3.63, 3.8) is 0 Å². The number of hydrogen-bond donors (Lipinski definition) is 1. The number of hydrogen-bond acceptors (Lipinski definition) is 6. The smallest absolute Gasteiger partial charge is 0.338 e. The predicted octanol–water partition coefficient (Wildman–Crippen LogP) is 3.63. The van der Waals surface area contributed by atoms with Gasteiger partial charge in [-0.2, -0.15) is 0 Å². The third kappa shape index (κ3) is 4.28. The topological polar surface area (TPSA) is 80.9 Å². The lowest BCUT2D eigenvalue weighted by Crippen LogP contribution is -2.39. The maximum Gasteiger partial charge on any atom is 0.338 e. The summed E-state index contributed by atoms with van der Waals surface area (Å²) >= 11 is 1.23. The first-order valence-electron chi connectivity index (χ1n) is 10.9. The van der Waals surface area contributed by atoms with Gasteiger partial charge in [-0.25, -0.2) is 9.79 Å². The highest BCUT2D eigenvalue weighted by Crippen LogP contribution is 2.31. The molecule has 0 unspecified atom stereocenters. The number of carbonyl (C=O) groups excluding carboxylic acids is 1. The van der Waals surface area contributed by atoms with Gasteiger partial charge in [0, 0.05) is 5.56 Å². The van der Waals surface area contributed by atoms with Crippen LogP contribution in [0.1, 0.15) is 56.3 Å². The second-order valence-electron chi connectivity index (χ2n) is 8.18. The van der Waals surface area contributed by atoms with Crippen molar-refractivity contribution in [2.75, 3.05) is 6.61 Å². The second-order valence-corrected chi connectivity index (χ2v) is 9.19. The van der Waals surface area contributed by atoms with E-state index in [-0.39, 0.29) is 17.9 Å². The second kappa shape index (κ2) is 9.19. The number of thiazole rings is 1. The van der Waals surface area contributed by atoms with E-state index in [1.54, 1.807) is 48.8 Å². The van der Waals surface area contributed by atoms with Crippen LogP contribution in [0, 0.1) is 0 Å². The van der Waals surface area contributed by atoms with E-state index in [0.29, 0.717) is 32.1 Å². The summed E-state index contributed by atoms with van der Waals surface area (Å²) in [5, 5.41) is 10.2. The number of fused-ring (bicyclic) bond motifs is 1. The van der Waals surface area contributed by atoms with Crippen LogP contribution in [0.5, 0.6) is 5.75 Å². The number of allylic oxidation sites excluding steroid dienone is 1. The molecule has 0 spiro atoms. The molecule has 4 rings (SSSR count). The Kier molecular flexibility index (Phi) is 6.33. The van der Waals surface area contributed by atoms with Crippen molar-refractivity contribution in [1.82, 2.24) is 4.57 Å². The highest BCUT2D eigenvalue weighted by molar-refractivity contribution is 7.07. The molecule has 1 aliphatic rings. The van der Waals surface area contributed by atoms with E-state index in [1.165, 1.54) is 16.9 Å². The molecule has 170 valence electrons. The lowest BCUT2D eigenvalue weighted by molar-refractivity contribution is -0.139. The van der Waals surface area contributed by atoms with Crippen LogP contribution in [-0.4, -0.2) is 22.2 Å². The Morgan fingerprint density at radius 2 is 1.91 bits per heavy atom. The van der Waals surface area contributed by atoms with Crippen LogP contribution in [0.15, 0.2) is 69.6 Å². The fraction of sp³-hybridized carbons (Fsp3) is 0.269. The fourth-order valence-corrected chi connectivity index (χ4v) is 4.96. The van der Waals surface area contributed by atoms with E-state index in [1.807, 2.05) is 24.3 Å². The highest BCUT2D eigenvalue weighted by Gasteiger charge is 2.33. The van der Waals surface area contributed by atoms with Gasteiger partial charge < -0.3 is 9.84 Å². The summed E-state index contributed by atoms with van der Waals surface area (Å²) in [6, 6.07) is 14.2. The Hall–Kier alpha value is -3.45. The maximum absolute atomic E-state index is 13.5. The average Bonchev–Trinajstić information content (AvgIpc) is 3.09. The first-order chi connectivity index (χ1) is 15.8. The van der Waals surface area contributed by atoms with Gasteiger partial charge in [0.1, 0.15) is 5.75 Å². The van der Waals surface area contributed by atoms with Crippen LogP contribution >= 0.6 is 11.3 Å². The number of aromatic nitrogens is 1. The van der Waals surface area contributed by atoms with Crippen molar-refractivity contribution in [3.05, 3.63) is 96.2 Å². The third-order valence-electron chi connectivity index (χ3n) is 5.66. The van der Waals surface area contributed by atoms with E-state index in [0.717, 1.165) is 5.56 Å². The van der Waals surface area contributed by atoms with Crippen molar-refractivity contribution in [2.24, 2.45) is 4.99 Å². The molecule has 0 radical (unpaired) electrons. The molecular formula is C26H26N2O4S. The zero-order chi connectivity index (χ0) is 23.7. The summed E-state index contributed by atoms with van der Waals surface area (Å²) < 4.78 is 7.31. The van der Waals surface area contributed by atoms with Gasteiger partial charge in [-0.15, -0.1) is 0 Å². The maximum atomic E-state index is 13.5. The number of phenolic OH excluding ortho intramolecular Hbond substituents is 1. The summed E-state index contributed by atoms with van der Waals surface area (Å²) in [4.78, 5) is 31.6. The molecule has 0 amide bonds. The Balaban J connectivity index is 1.95.